The number of hydrogen-bond acceptors (Lipinski definition) is 4. The zero-order chi connectivity index (χ0) is 23.3. The van der Waals surface area contributed by atoms with Crippen LogP contribution in [0.4, 0.5) is 10.5 Å². The Balaban J connectivity index is 2.53. The Labute approximate surface area is 186 Å². The molecule has 31 heavy (non-hydrogen) atoms. The van der Waals surface area contributed by atoms with E-state index in [9.17, 15) is 14.7 Å². The number of benzene rings is 1. The normalized spacial score (nSPS) is 17.4. The van der Waals surface area contributed by atoms with Crippen molar-refractivity contribution < 1.29 is 19.4 Å². The molecular formula is C25H38N2O4. The minimum Gasteiger partial charge on any atom is -0.508 e. The van der Waals surface area contributed by atoms with E-state index in [4.69, 9.17) is 10.5 Å². The molecule has 0 aromatic heterocycles. The average Bonchev–Trinajstić information content (AvgIpc) is 3.12. The van der Waals surface area contributed by atoms with Crippen molar-refractivity contribution in [2.45, 2.75) is 78.7 Å². The van der Waals surface area contributed by atoms with Crippen molar-refractivity contribution in [3.05, 3.63) is 35.4 Å². The number of anilines is 1. The standard InChI is InChI=1S/C25H38N2O4/c1-7-18(19-9-8-10-21(19)23(26)29)20-12-11-17(28)15-22(20)27(14-13-16(2)3)24(30)31-25(4,5)6/h10-12,15-16,18-19,28H,7-9,13-14H2,1-6H3,(H2,26,29). The van der Waals surface area contributed by atoms with Gasteiger partial charge in [-0.2, -0.15) is 0 Å². The molecule has 1 aromatic rings. The van der Waals surface area contributed by atoms with Crippen LogP contribution >= 0.6 is 0 Å². The van der Waals surface area contributed by atoms with E-state index in [1.165, 1.54) is 0 Å². The van der Waals surface area contributed by atoms with E-state index in [-0.39, 0.29) is 23.5 Å². The fourth-order valence-electron chi connectivity index (χ4n) is 4.24. The van der Waals surface area contributed by atoms with Crippen molar-refractivity contribution in [2.24, 2.45) is 17.6 Å². The number of nitrogens with zero attached hydrogens (tertiary/aromatic N) is 1. The second-order valence-electron chi connectivity index (χ2n) is 9.78. The molecule has 0 aliphatic heterocycles. The van der Waals surface area contributed by atoms with Crippen LogP contribution in [-0.4, -0.2) is 29.3 Å². The van der Waals surface area contributed by atoms with Crippen LogP contribution in [0.25, 0.3) is 0 Å². The van der Waals surface area contributed by atoms with Gasteiger partial charge in [0.15, 0.2) is 0 Å². The Bertz CT molecular complexity index is 823. The van der Waals surface area contributed by atoms with E-state index in [1.54, 1.807) is 17.0 Å². The highest BCUT2D eigenvalue weighted by atomic mass is 16.6. The Morgan fingerprint density at radius 2 is 1.97 bits per heavy atom. The van der Waals surface area contributed by atoms with Crippen LogP contribution in [0.2, 0.25) is 0 Å². The van der Waals surface area contributed by atoms with Crippen LogP contribution in [-0.2, 0) is 9.53 Å². The summed E-state index contributed by atoms with van der Waals surface area (Å²) in [4.78, 5) is 26.8. The van der Waals surface area contributed by atoms with Crippen LogP contribution in [0.3, 0.4) is 0 Å². The molecule has 0 spiro atoms. The highest BCUT2D eigenvalue weighted by molar-refractivity contribution is 5.93. The Morgan fingerprint density at radius 3 is 2.52 bits per heavy atom. The number of hydrogen-bond donors (Lipinski definition) is 2. The number of phenols is 1. The lowest BCUT2D eigenvalue weighted by Crippen LogP contribution is -2.38. The van der Waals surface area contributed by atoms with Crippen molar-refractivity contribution in [1.82, 2.24) is 0 Å². The van der Waals surface area contributed by atoms with E-state index < -0.39 is 11.7 Å². The number of allylic oxidation sites excluding steroid dienone is 1. The van der Waals surface area contributed by atoms with Gasteiger partial charge in [0.05, 0.1) is 5.69 Å². The summed E-state index contributed by atoms with van der Waals surface area (Å²) in [5, 5.41) is 10.3. The summed E-state index contributed by atoms with van der Waals surface area (Å²) in [6.07, 6.45) is 4.72. The summed E-state index contributed by atoms with van der Waals surface area (Å²) >= 11 is 0. The van der Waals surface area contributed by atoms with Crippen LogP contribution in [0, 0.1) is 11.8 Å². The SMILES string of the molecule is CCC(c1ccc(O)cc1N(CCC(C)C)C(=O)OC(C)(C)C)C1CCC=C1C(N)=O. The summed E-state index contributed by atoms with van der Waals surface area (Å²) in [6, 6.07) is 5.13. The molecule has 2 atom stereocenters. The molecule has 0 saturated carbocycles. The van der Waals surface area contributed by atoms with E-state index in [2.05, 4.69) is 20.8 Å². The molecule has 2 unspecified atom stereocenters. The monoisotopic (exact) mass is 430 g/mol. The lowest BCUT2D eigenvalue weighted by atomic mass is 9.79. The predicted molar refractivity (Wildman–Crippen MR) is 124 cm³/mol. The molecule has 1 aliphatic rings. The molecule has 172 valence electrons. The first kappa shape index (κ1) is 24.8. The summed E-state index contributed by atoms with van der Waals surface area (Å²) in [7, 11) is 0. The third kappa shape index (κ3) is 6.49. The van der Waals surface area contributed by atoms with Crippen LogP contribution in [0.15, 0.2) is 29.8 Å². The van der Waals surface area contributed by atoms with Gasteiger partial charge < -0.3 is 15.6 Å². The summed E-state index contributed by atoms with van der Waals surface area (Å²) in [5.41, 5.74) is 7.24. The molecule has 0 bridgehead atoms. The molecule has 6 nitrogen and oxygen atoms in total. The first-order valence-corrected chi connectivity index (χ1v) is 11.3. The molecule has 0 fully saturated rings. The molecular weight excluding hydrogens is 392 g/mol. The second-order valence-corrected chi connectivity index (χ2v) is 9.78. The number of phenolic OH excluding ortho intramolecular Hbond substituents is 1. The minimum absolute atomic E-state index is 0.000775. The maximum atomic E-state index is 13.2. The van der Waals surface area contributed by atoms with E-state index in [0.717, 1.165) is 31.2 Å². The van der Waals surface area contributed by atoms with Crippen LogP contribution in [0.1, 0.15) is 78.7 Å². The fraction of sp³-hybridized carbons (Fsp3) is 0.600. The highest BCUT2D eigenvalue weighted by Gasteiger charge is 2.34. The van der Waals surface area contributed by atoms with E-state index in [1.807, 2.05) is 32.9 Å². The number of nitrogens with two attached hydrogens (primary N) is 1. The first-order chi connectivity index (χ1) is 14.4. The summed E-state index contributed by atoms with van der Waals surface area (Å²) < 4.78 is 5.70. The first-order valence-electron chi connectivity index (χ1n) is 11.3. The van der Waals surface area contributed by atoms with Crippen LogP contribution in [0.5, 0.6) is 5.75 Å². The Morgan fingerprint density at radius 1 is 1.29 bits per heavy atom. The van der Waals surface area contributed by atoms with Gasteiger partial charge in [0.2, 0.25) is 5.91 Å². The van der Waals surface area contributed by atoms with Gasteiger partial charge in [0.25, 0.3) is 0 Å². The largest absolute Gasteiger partial charge is 0.508 e. The summed E-state index contributed by atoms with van der Waals surface area (Å²) in [5.74, 6) is 0.0954. The minimum atomic E-state index is -0.637. The molecule has 6 heteroatoms. The topological polar surface area (TPSA) is 92.9 Å². The van der Waals surface area contributed by atoms with Gasteiger partial charge in [-0.25, -0.2) is 4.79 Å². The van der Waals surface area contributed by atoms with Gasteiger partial charge in [0.1, 0.15) is 11.4 Å². The van der Waals surface area contributed by atoms with Crippen molar-refractivity contribution in [1.29, 1.82) is 0 Å². The average molecular weight is 431 g/mol. The number of carbonyl (C=O) groups is 2. The van der Waals surface area contributed by atoms with Gasteiger partial charge in [-0.3, -0.25) is 9.69 Å². The van der Waals surface area contributed by atoms with Gasteiger partial charge in [0, 0.05) is 18.2 Å². The molecule has 2 rings (SSSR count). The second kappa shape index (κ2) is 10.2. The molecule has 1 aliphatic carbocycles. The third-order valence-electron chi connectivity index (χ3n) is 5.70. The van der Waals surface area contributed by atoms with Crippen molar-refractivity contribution in [3.8, 4) is 5.75 Å². The van der Waals surface area contributed by atoms with E-state index >= 15 is 0 Å². The fourth-order valence-corrected chi connectivity index (χ4v) is 4.24. The maximum Gasteiger partial charge on any atom is 0.414 e. The smallest absolute Gasteiger partial charge is 0.414 e. The molecule has 0 radical (unpaired) electrons. The predicted octanol–water partition coefficient (Wildman–Crippen LogP) is 5.50. The highest BCUT2D eigenvalue weighted by Crippen LogP contribution is 2.44. The lowest BCUT2D eigenvalue weighted by Gasteiger charge is -2.33. The van der Waals surface area contributed by atoms with Gasteiger partial charge >= 0.3 is 6.09 Å². The number of amides is 2. The summed E-state index contributed by atoms with van der Waals surface area (Å²) in [6.45, 7) is 12.3. The molecule has 2 amide bonds. The van der Waals surface area contributed by atoms with Crippen molar-refractivity contribution >= 4 is 17.7 Å². The van der Waals surface area contributed by atoms with E-state index in [0.29, 0.717) is 23.7 Å². The van der Waals surface area contributed by atoms with Crippen LogP contribution < -0.4 is 10.6 Å². The quantitative estimate of drug-likeness (QED) is 0.570. The molecule has 0 saturated heterocycles. The van der Waals surface area contributed by atoms with Crippen molar-refractivity contribution in [2.75, 3.05) is 11.4 Å². The van der Waals surface area contributed by atoms with Gasteiger partial charge in [-0.05, 0) is 75.8 Å². The zero-order valence-corrected chi connectivity index (χ0v) is 19.8. The molecule has 0 heterocycles. The number of aromatic hydroxyl groups is 1. The number of ether oxygens (including phenoxy) is 1. The zero-order valence-electron chi connectivity index (χ0n) is 19.8. The van der Waals surface area contributed by atoms with Crippen molar-refractivity contribution in [3.63, 3.8) is 0 Å². The Hall–Kier alpha value is -2.50. The lowest BCUT2D eigenvalue weighted by molar-refractivity contribution is -0.115. The molecule has 1 aromatic carbocycles. The van der Waals surface area contributed by atoms with Gasteiger partial charge in [-0.1, -0.05) is 32.9 Å². The van der Waals surface area contributed by atoms with Gasteiger partial charge in [-0.15, -0.1) is 0 Å². The number of rotatable bonds is 8. The Kier molecular flexibility index (Phi) is 8.15. The maximum absolute atomic E-state index is 13.2. The number of carbonyl (C=O) groups excluding carboxylic acids is 2. The number of primary amides is 1. The molecule has 3 N–H and O–H groups in total. The third-order valence-corrected chi connectivity index (χ3v) is 5.70.